The van der Waals surface area contributed by atoms with Crippen molar-refractivity contribution in [2.24, 2.45) is 5.41 Å². The predicted molar refractivity (Wildman–Crippen MR) is 107 cm³/mol. The van der Waals surface area contributed by atoms with Gasteiger partial charge in [0.1, 0.15) is 0 Å². The standard InChI is InChI=1S/C22H45NO/c1-5-6-7-8-9-10-11-12-13-14-15-16-17-20-23-21(24)18-19-22(2,3)4/h5-20H2,1-4H3,(H,23,24). The molecule has 0 aromatic heterocycles. The van der Waals surface area contributed by atoms with Crippen molar-refractivity contribution < 1.29 is 4.79 Å². The first-order valence-electron chi connectivity index (χ1n) is 10.7. The van der Waals surface area contributed by atoms with Gasteiger partial charge in [0.2, 0.25) is 5.91 Å². The molecular formula is C22H45NO. The fraction of sp³-hybridized carbons (Fsp3) is 0.955. The first-order chi connectivity index (χ1) is 11.5. The maximum absolute atomic E-state index is 11.7. The Kier molecular flexibility index (Phi) is 15.6. The first kappa shape index (κ1) is 23.5. The van der Waals surface area contributed by atoms with E-state index in [4.69, 9.17) is 0 Å². The van der Waals surface area contributed by atoms with E-state index in [0.717, 1.165) is 19.4 Å². The molecule has 0 spiro atoms. The maximum atomic E-state index is 11.7. The zero-order chi connectivity index (χ0) is 18.1. The third-order valence-electron chi connectivity index (χ3n) is 4.70. The minimum Gasteiger partial charge on any atom is -0.356 e. The van der Waals surface area contributed by atoms with Crippen molar-refractivity contribution in [2.75, 3.05) is 6.54 Å². The molecule has 0 bridgehead atoms. The van der Waals surface area contributed by atoms with Gasteiger partial charge in [-0.3, -0.25) is 4.79 Å². The number of nitrogens with one attached hydrogen (secondary N) is 1. The van der Waals surface area contributed by atoms with Crippen LogP contribution in [0, 0.1) is 5.41 Å². The van der Waals surface area contributed by atoms with Crippen molar-refractivity contribution in [1.29, 1.82) is 0 Å². The minimum absolute atomic E-state index is 0.226. The smallest absolute Gasteiger partial charge is 0.220 e. The van der Waals surface area contributed by atoms with Gasteiger partial charge in [0.15, 0.2) is 0 Å². The molecule has 0 aromatic rings. The SMILES string of the molecule is CCCCCCCCCCCCCCCNC(=O)CCC(C)(C)C. The van der Waals surface area contributed by atoms with Gasteiger partial charge in [-0.2, -0.15) is 0 Å². The molecule has 0 fully saturated rings. The average molecular weight is 340 g/mol. The molecule has 144 valence electrons. The highest BCUT2D eigenvalue weighted by Crippen LogP contribution is 2.20. The van der Waals surface area contributed by atoms with E-state index in [1.807, 2.05) is 0 Å². The van der Waals surface area contributed by atoms with Gasteiger partial charge in [-0.05, 0) is 18.3 Å². The first-order valence-corrected chi connectivity index (χ1v) is 10.7. The number of rotatable bonds is 16. The highest BCUT2D eigenvalue weighted by molar-refractivity contribution is 5.75. The van der Waals surface area contributed by atoms with E-state index >= 15 is 0 Å². The Hall–Kier alpha value is -0.530. The summed E-state index contributed by atoms with van der Waals surface area (Å²) in [7, 11) is 0. The molecule has 1 N–H and O–H groups in total. The Morgan fingerprint density at radius 1 is 0.708 bits per heavy atom. The number of unbranched alkanes of at least 4 members (excludes halogenated alkanes) is 12. The van der Waals surface area contributed by atoms with E-state index in [1.54, 1.807) is 0 Å². The fourth-order valence-electron chi connectivity index (χ4n) is 2.95. The molecule has 0 saturated carbocycles. The zero-order valence-corrected chi connectivity index (χ0v) is 17.2. The molecule has 0 aliphatic rings. The summed E-state index contributed by atoms with van der Waals surface area (Å²) in [6.45, 7) is 9.70. The second kappa shape index (κ2) is 16.0. The van der Waals surface area contributed by atoms with Gasteiger partial charge in [0.25, 0.3) is 0 Å². The summed E-state index contributed by atoms with van der Waals surface area (Å²) in [6, 6.07) is 0. The summed E-state index contributed by atoms with van der Waals surface area (Å²) in [5, 5.41) is 3.06. The third-order valence-corrected chi connectivity index (χ3v) is 4.70. The lowest BCUT2D eigenvalue weighted by molar-refractivity contribution is -0.121. The number of amides is 1. The number of hydrogen-bond donors (Lipinski definition) is 1. The normalized spacial score (nSPS) is 11.7. The van der Waals surface area contributed by atoms with Crippen molar-refractivity contribution in [3.63, 3.8) is 0 Å². The van der Waals surface area contributed by atoms with Crippen molar-refractivity contribution in [2.45, 2.75) is 124 Å². The van der Waals surface area contributed by atoms with Crippen LogP contribution in [0.2, 0.25) is 0 Å². The topological polar surface area (TPSA) is 29.1 Å². The molecule has 2 nitrogen and oxygen atoms in total. The average Bonchev–Trinajstić information content (AvgIpc) is 2.52. The van der Waals surface area contributed by atoms with Gasteiger partial charge < -0.3 is 5.32 Å². The number of hydrogen-bond acceptors (Lipinski definition) is 1. The van der Waals surface area contributed by atoms with Gasteiger partial charge in [-0.15, -0.1) is 0 Å². The lowest BCUT2D eigenvalue weighted by Gasteiger charge is -2.17. The molecule has 0 aliphatic heterocycles. The highest BCUT2D eigenvalue weighted by Gasteiger charge is 2.12. The quantitative estimate of drug-likeness (QED) is 0.301. The Labute approximate surface area is 152 Å². The van der Waals surface area contributed by atoms with Crippen molar-refractivity contribution in [1.82, 2.24) is 5.32 Å². The molecule has 24 heavy (non-hydrogen) atoms. The van der Waals surface area contributed by atoms with E-state index in [1.165, 1.54) is 77.0 Å². The Balaban J connectivity index is 3.16. The van der Waals surface area contributed by atoms with Crippen LogP contribution in [-0.2, 0) is 4.79 Å². The van der Waals surface area contributed by atoms with Crippen LogP contribution in [0.25, 0.3) is 0 Å². The lowest BCUT2D eigenvalue weighted by atomic mass is 9.90. The number of carbonyl (C=O) groups is 1. The largest absolute Gasteiger partial charge is 0.356 e. The Bertz CT molecular complexity index is 280. The molecule has 0 aromatic carbocycles. The van der Waals surface area contributed by atoms with Crippen molar-refractivity contribution in [3.05, 3.63) is 0 Å². The second-order valence-electron chi connectivity index (χ2n) is 8.65. The summed E-state index contributed by atoms with van der Waals surface area (Å²) >= 11 is 0. The molecule has 1 amide bonds. The number of carbonyl (C=O) groups excluding carboxylic acids is 1. The van der Waals surface area contributed by atoms with E-state index in [2.05, 4.69) is 33.0 Å². The summed E-state index contributed by atoms with van der Waals surface area (Å²) < 4.78 is 0. The Morgan fingerprint density at radius 2 is 1.12 bits per heavy atom. The molecule has 0 heterocycles. The second-order valence-corrected chi connectivity index (χ2v) is 8.65. The van der Waals surface area contributed by atoms with E-state index in [9.17, 15) is 4.79 Å². The van der Waals surface area contributed by atoms with Gasteiger partial charge >= 0.3 is 0 Å². The van der Waals surface area contributed by atoms with Crippen LogP contribution in [0.4, 0.5) is 0 Å². The van der Waals surface area contributed by atoms with Crippen LogP contribution in [-0.4, -0.2) is 12.5 Å². The maximum Gasteiger partial charge on any atom is 0.220 e. The van der Waals surface area contributed by atoms with E-state index in [-0.39, 0.29) is 11.3 Å². The van der Waals surface area contributed by atoms with Crippen LogP contribution in [0.5, 0.6) is 0 Å². The predicted octanol–water partition coefficient (Wildman–Crippen LogP) is 7.02. The molecule has 0 atom stereocenters. The molecular weight excluding hydrogens is 294 g/mol. The molecule has 0 saturated heterocycles. The van der Waals surface area contributed by atoms with Gasteiger partial charge in [0, 0.05) is 13.0 Å². The van der Waals surface area contributed by atoms with Gasteiger partial charge in [-0.1, -0.05) is 105 Å². The van der Waals surface area contributed by atoms with Gasteiger partial charge in [-0.25, -0.2) is 0 Å². The van der Waals surface area contributed by atoms with Crippen LogP contribution in [0.15, 0.2) is 0 Å². The fourth-order valence-corrected chi connectivity index (χ4v) is 2.95. The van der Waals surface area contributed by atoms with Crippen molar-refractivity contribution in [3.8, 4) is 0 Å². The van der Waals surface area contributed by atoms with Crippen LogP contribution >= 0.6 is 0 Å². The van der Waals surface area contributed by atoms with Crippen molar-refractivity contribution >= 4 is 5.91 Å². The summed E-state index contributed by atoms with van der Waals surface area (Å²) in [5.74, 6) is 0.226. The molecule has 0 aliphatic carbocycles. The molecule has 2 heteroatoms. The third kappa shape index (κ3) is 19.5. The lowest BCUT2D eigenvalue weighted by Crippen LogP contribution is -2.25. The molecule has 0 unspecified atom stereocenters. The van der Waals surface area contributed by atoms with Gasteiger partial charge in [0.05, 0.1) is 0 Å². The van der Waals surface area contributed by atoms with E-state index in [0.29, 0.717) is 6.42 Å². The monoisotopic (exact) mass is 339 g/mol. The summed E-state index contributed by atoms with van der Waals surface area (Å²) in [4.78, 5) is 11.7. The minimum atomic E-state index is 0.226. The highest BCUT2D eigenvalue weighted by atomic mass is 16.1. The Morgan fingerprint density at radius 3 is 1.54 bits per heavy atom. The van der Waals surface area contributed by atoms with Crippen LogP contribution in [0.1, 0.15) is 124 Å². The zero-order valence-electron chi connectivity index (χ0n) is 17.2. The molecule has 0 rings (SSSR count). The summed E-state index contributed by atoms with van der Waals surface area (Å²) in [6.07, 6.45) is 19.5. The van der Waals surface area contributed by atoms with Crippen LogP contribution < -0.4 is 5.32 Å². The molecule has 0 radical (unpaired) electrons. The summed E-state index contributed by atoms with van der Waals surface area (Å²) in [5.41, 5.74) is 0.257. The van der Waals surface area contributed by atoms with Crippen LogP contribution in [0.3, 0.4) is 0 Å². The van der Waals surface area contributed by atoms with E-state index < -0.39 is 0 Å².